The molecule has 130 valence electrons. The van der Waals surface area contributed by atoms with Gasteiger partial charge in [-0.15, -0.1) is 0 Å². The van der Waals surface area contributed by atoms with E-state index in [2.05, 4.69) is 19.2 Å². The lowest BCUT2D eigenvalue weighted by molar-refractivity contribution is -0.124. The van der Waals surface area contributed by atoms with Crippen LogP contribution in [-0.4, -0.2) is 24.2 Å². The molecule has 1 atom stereocenters. The number of carbonyl (C=O) groups is 1. The Morgan fingerprint density at radius 3 is 2.75 bits per heavy atom. The Kier molecular flexibility index (Phi) is 5.67. The van der Waals surface area contributed by atoms with E-state index in [1.165, 1.54) is 6.26 Å². The highest BCUT2D eigenvalue weighted by atomic mass is 16.5. The van der Waals surface area contributed by atoms with Crippen molar-refractivity contribution in [1.82, 2.24) is 5.32 Å². The summed E-state index contributed by atoms with van der Waals surface area (Å²) in [6.45, 7) is 7.68. The van der Waals surface area contributed by atoms with Gasteiger partial charge in [-0.25, -0.2) is 0 Å². The van der Waals surface area contributed by atoms with Gasteiger partial charge in [-0.2, -0.15) is 0 Å². The number of furan rings is 1. The number of carbonyl (C=O) groups excluding carboxylic acids is 1. The van der Waals surface area contributed by atoms with Crippen molar-refractivity contribution < 1.29 is 19.1 Å². The summed E-state index contributed by atoms with van der Waals surface area (Å²) in [7, 11) is 0. The molecule has 5 nitrogen and oxygen atoms in total. The molecule has 0 aliphatic heterocycles. The second-order valence-electron chi connectivity index (χ2n) is 6.51. The van der Waals surface area contributed by atoms with Crippen LogP contribution >= 0.6 is 0 Å². The number of ether oxygens (including phenoxy) is 1. The number of rotatable bonds is 7. The van der Waals surface area contributed by atoms with Crippen molar-refractivity contribution in [1.29, 1.82) is 0 Å². The predicted molar refractivity (Wildman–Crippen MR) is 92.1 cm³/mol. The van der Waals surface area contributed by atoms with Crippen molar-refractivity contribution in [2.45, 2.75) is 39.2 Å². The molecule has 0 saturated carbocycles. The highest BCUT2D eigenvalue weighted by Crippen LogP contribution is 2.27. The average Bonchev–Trinajstić information content (AvgIpc) is 3.06. The molecule has 2 aromatic rings. The summed E-state index contributed by atoms with van der Waals surface area (Å²) in [6.07, 6.45) is 1.49. The Hall–Kier alpha value is -2.27. The molecule has 24 heavy (non-hydrogen) atoms. The van der Waals surface area contributed by atoms with E-state index in [9.17, 15) is 9.90 Å². The predicted octanol–water partition coefficient (Wildman–Crippen LogP) is 3.11. The SMILES string of the molecule is Cc1ccc(C(C)C)c(OCC(=O)NCC(C)(O)c2ccco2)c1. The fourth-order valence-corrected chi connectivity index (χ4v) is 2.38. The quantitative estimate of drug-likeness (QED) is 0.818. The molecular weight excluding hydrogens is 306 g/mol. The van der Waals surface area contributed by atoms with Crippen LogP contribution in [0.1, 0.15) is 43.6 Å². The Labute approximate surface area is 142 Å². The van der Waals surface area contributed by atoms with E-state index in [1.54, 1.807) is 19.1 Å². The van der Waals surface area contributed by atoms with Gasteiger partial charge in [0.15, 0.2) is 6.61 Å². The fraction of sp³-hybridized carbons (Fsp3) is 0.421. The first-order chi connectivity index (χ1) is 11.3. The van der Waals surface area contributed by atoms with E-state index >= 15 is 0 Å². The minimum Gasteiger partial charge on any atom is -0.483 e. The van der Waals surface area contributed by atoms with Gasteiger partial charge in [0.25, 0.3) is 5.91 Å². The maximum Gasteiger partial charge on any atom is 0.258 e. The Bertz CT molecular complexity index is 675. The largest absolute Gasteiger partial charge is 0.483 e. The van der Waals surface area contributed by atoms with Gasteiger partial charge in [-0.05, 0) is 49.1 Å². The minimum absolute atomic E-state index is 0.0492. The molecule has 1 aromatic carbocycles. The van der Waals surface area contributed by atoms with Gasteiger partial charge in [-0.1, -0.05) is 26.0 Å². The van der Waals surface area contributed by atoms with Crippen molar-refractivity contribution in [2.24, 2.45) is 0 Å². The molecule has 1 amide bonds. The summed E-state index contributed by atoms with van der Waals surface area (Å²) in [5.74, 6) is 1.14. The first-order valence-electron chi connectivity index (χ1n) is 8.06. The second kappa shape index (κ2) is 7.53. The molecule has 0 bridgehead atoms. The topological polar surface area (TPSA) is 71.7 Å². The lowest BCUT2D eigenvalue weighted by Gasteiger charge is -2.21. The van der Waals surface area contributed by atoms with Crippen molar-refractivity contribution in [3.8, 4) is 5.75 Å². The maximum atomic E-state index is 12.0. The molecule has 0 fully saturated rings. The third-order valence-corrected chi connectivity index (χ3v) is 3.83. The zero-order valence-corrected chi connectivity index (χ0v) is 14.6. The molecule has 0 spiro atoms. The van der Waals surface area contributed by atoms with E-state index in [0.29, 0.717) is 11.7 Å². The van der Waals surface area contributed by atoms with Gasteiger partial charge in [0.2, 0.25) is 0 Å². The van der Waals surface area contributed by atoms with Crippen molar-refractivity contribution >= 4 is 5.91 Å². The highest BCUT2D eigenvalue weighted by Gasteiger charge is 2.26. The lowest BCUT2D eigenvalue weighted by Crippen LogP contribution is -2.40. The monoisotopic (exact) mass is 331 g/mol. The number of hydrogen-bond donors (Lipinski definition) is 2. The molecule has 2 N–H and O–H groups in total. The average molecular weight is 331 g/mol. The van der Waals surface area contributed by atoms with Gasteiger partial charge >= 0.3 is 0 Å². The molecule has 0 radical (unpaired) electrons. The van der Waals surface area contributed by atoms with E-state index in [1.807, 2.05) is 25.1 Å². The van der Waals surface area contributed by atoms with Crippen molar-refractivity contribution in [3.05, 3.63) is 53.5 Å². The number of amides is 1. The maximum absolute atomic E-state index is 12.0. The summed E-state index contributed by atoms with van der Waals surface area (Å²) >= 11 is 0. The molecule has 0 aliphatic rings. The minimum atomic E-state index is -1.26. The molecule has 1 heterocycles. The molecule has 0 saturated heterocycles. The third kappa shape index (κ3) is 4.61. The van der Waals surface area contributed by atoms with Crippen LogP contribution in [0, 0.1) is 6.92 Å². The van der Waals surface area contributed by atoms with Gasteiger partial charge in [0.05, 0.1) is 12.8 Å². The summed E-state index contributed by atoms with van der Waals surface area (Å²) in [5, 5.41) is 13.0. The normalized spacial score (nSPS) is 13.6. The van der Waals surface area contributed by atoms with Crippen LogP contribution in [0.3, 0.4) is 0 Å². The number of aryl methyl sites for hydroxylation is 1. The second-order valence-corrected chi connectivity index (χ2v) is 6.51. The molecule has 0 aliphatic carbocycles. The van der Waals surface area contributed by atoms with Crippen LogP contribution in [0.25, 0.3) is 0 Å². The van der Waals surface area contributed by atoms with Crippen LogP contribution in [0.2, 0.25) is 0 Å². The third-order valence-electron chi connectivity index (χ3n) is 3.83. The lowest BCUT2D eigenvalue weighted by atomic mass is 10.0. The number of aliphatic hydroxyl groups is 1. The number of nitrogens with one attached hydrogen (secondary N) is 1. The van der Waals surface area contributed by atoms with Crippen molar-refractivity contribution in [2.75, 3.05) is 13.2 Å². The first-order valence-corrected chi connectivity index (χ1v) is 8.06. The molecule has 2 rings (SSSR count). The van der Waals surface area contributed by atoms with E-state index in [-0.39, 0.29) is 19.1 Å². The van der Waals surface area contributed by atoms with Crippen LogP contribution in [0.15, 0.2) is 41.0 Å². The molecule has 1 unspecified atom stereocenters. The fourth-order valence-electron chi connectivity index (χ4n) is 2.38. The smallest absolute Gasteiger partial charge is 0.258 e. The Morgan fingerprint density at radius 2 is 2.12 bits per heavy atom. The van der Waals surface area contributed by atoms with Gasteiger partial charge in [0, 0.05) is 0 Å². The standard InChI is InChI=1S/C19H25NO4/c1-13(2)15-8-7-14(3)10-16(15)24-11-18(21)20-12-19(4,22)17-6-5-9-23-17/h5-10,13,22H,11-12H2,1-4H3,(H,20,21). The zero-order valence-electron chi connectivity index (χ0n) is 14.6. The Morgan fingerprint density at radius 1 is 1.38 bits per heavy atom. The van der Waals surface area contributed by atoms with E-state index in [0.717, 1.165) is 16.9 Å². The van der Waals surface area contributed by atoms with Crippen LogP contribution in [0.4, 0.5) is 0 Å². The van der Waals surface area contributed by atoms with Gasteiger partial charge in [0.1, 0.15) is 17.1 Å². The summed E-state index contributed by atoms with van der Waals surface area (Å²) in [5.41, 5.74) is 0.887. The Balaban J connectivity index is 1.91. The molecule has 5 heteroatoms. The van der Waals surface area contributed by atoms with Gasteiger partial charge < -0.3 is 19.6 Å². The van der Waals surface area contributed by atoms with E-state index in [4.69, 9.17) is 9.15 Å². The summed E-state index contributed by atoms with van der Waals surface area (Å²) < 4.78 is 10.9. The first kappa shape index (κ1) is 18.1. The van der Waals surface area contributed by atoms with Crippen LogP contribution in [-0.2, 0) is 10.4 Å². The number of benzene rings is 1. The zero-order chi connectivity index (χ0) is 17.7. The molecular formula is C19H25NO4. The summed E-state index contributed by atoms with van der Waals surface area (Å²) in [6, 6.07) is 9.35. The highest BCUT2D eigenvalue weighted by molar-refractivity contribution is 5.77. The van der Waals surface area contributed by atoms with Gasteiger partial charge in [-0.3, -0.25) is 4.79 Å². The number of hydrogen-bond acceptors (Lipinski definition) is 4. The molecule has 1 aromatic heterocycles. The van der Waals surface area contributed by atoms with Crippen molar-refractivity contribution in [3.63, 3.8) is 0 Å². The van der Waals surface area contributed by atoms with Crippen LogP contribution < -0.4 is 10.1 Å². The van der Waals surface area contributed by atoms with E-state index < -0.39 is 5.60 Å². The summed E-state index contributed by atoms with van der Waals surface area (Å²) in [4.78, 5) is 12.0. The van der Waals surface area contributed by atoms with Crippen LogP contribution in [0.5, 0.6) is 5.75 Å².